The molecule has 1 aliphatic carbocycles. The lowest BCUT2D eigenvalue weighted by molar-refractivity contribution is 0.0699. The van der Waals surface area contributed by atoms with Crippen molar-refractivity contribution >= 4 is 0 Å². The van der Waals surface area contributed by atoms with Crippen molar-refractivity contribution in [2.75, 3.05) is 13.2 Å². The number of benzene rings is 1. The number of aliphatic hydroxyl groups is 1. The monoisotopic (exact) mass is 290 g/mol. The molecular formula is C18H30N2O. The molecule has 3 nitrogen and oxygen atoms in total. The molecule has 1 aromatic rings. The molecule has 0 saturated heterocycles. The van der Waals surface area contributed by atoms with Crippen LogP contribution in [0.1, 0.15) is 56.2 Å². The number of hydrogen-bond acceptors (Lipinski definition) is 3. The highest BCUT2D eigenvalue weighted by molar-refractivity contribution is 5.25. The van der Waals surface area contributed by atoms with Crippen molar-refractivity contribution < 1.29 is 5.11 Å². The fourth-order valence-electron chi connectivity index (χ4n) is 3.64. The molecule has 0 radical (unpaired) electrons. The molecule has 2 rings (SSSR count). The normalized spacial score (nSPS) is 19.7. The van der Waals surface area contributed by atoms with E-state index in [0.29, 0.717) is 12.6 Å². The van der Waals surface area contributed by atoms with Gasteiger partial charge in [-0.3, -0.25) is 4.90 Å². The van der Waals surface area contributed by atoms with E-state index in [1.807, 2.05) is 0 Å². The first kappa shape index (κ1) is 16.5. The summed E-state index contributed by atoms with van der Waals surface area (Å²) in [6.45, 7) is 5.10. The van der Waals surface area contributed by atoms with Crippen molar-refractivity contribution in [2.24, 2.45) is 5.73 Å². The number of nitrogens with two attached hydrogens (primary N) is 1. The van der Waals surface area contributed by atoms with Gasteiger partial charge in [0.2, 0.25) is 0 Å². The summed E-state index contributed by atoms with van der Waals surface area (Å²) < 4.78 is 0. The fraction of sp³-hybridized carbons (Fsp3) is 0.667. The van der Waals surface area contributed by atoms with Gasteiger partial charge in [-0.1, -0.05) is 49.1 Å². The molecule has 0 bridgehead atoms. The number of aliphatic hydroxyl groups excluding tert-OH is 1. The van der Waals surface area contributed by atoms with Crippen LogP contribution in [-0.4, -0.2) is 35.2 Å². The molecule has 1 aromatic carbocycles. The smallest absolute Gasteiger partial charge is 0.0558 e. The van der Waals surface area contributed by atoms with Crippen molar-refractivity contribution in [3.63, 3.8) is 0 Å². The summed E-state index contributed by atoms with van der Waals surface area (Å²) in [6, 6.07) is 9.50. The lowest BCUT2D eigenvalue weighted by atomic mass is 9.90. The third-order valence-electron chi connectivity index (χ3n) is 4.68. The molecule has 118 valence electrons. The Morgan fingerprint density at radius 3 is 2.33 bits per heavy atom. The van der Waals surface area contributed by atoms with E-state index in [9.17, 15) is 5.11 Å². The topological polar surface area (TPSA) is 49.5 Å². The first-order valence-corrected chi connectivity index (χ1v) is 8.32. The molecule has 0 aromatic heterocycles. The maximum absolute atomic E-state index is 9.51. The van der Waals surface area contributed by atoms with Crippen LogP contribution < -0.4 is 5.73 Å². The molecule has 21 heavy (non-hydrogen) atoms. The van der Waals surface area contributed by atoms with Gasteiger partial charge in [0, 0.05) is 24.7 Å². The van der Waals surface area contributed by atoms with Gasteiger partial charge in [0.1, 0.15) is 0 Å². The Morgan fingerprint density at radius 2 is 1.81 bits per heavy atom. The Hall–Kier alpha value is -0.900. The zero-order chi connectivity index (χ0) is 15.2. The van der Waals surface area contributed by atoms with Crippen molar-refractivity contribution in [2.45, 2.75) is 64.1 Å². The van der Waals surface area contributed by atoms with Gasteiger partial charge in [0.05, 0.1) is 6.61 Å². The first-order chi connectivity index (χ1) is 10.1. The van der Waals surface area contributed by atoms with Crippen LogP contribution in [0.25, 0.3) is 0 Å². The van der Waals surface area contributed by atoms with E-state index in [4.69, 9.17) is 5.73 Å². The van der Waals surface area contributed by atoms with Gasteiger partial charge in [-0.25, -0.2) is 0 Å². The van der Waals surface area contributed by atoms with E-state index in [-0.39, 0.29) is 18.7 Å². The Labute approximate surface area is 129 Å². The Morgan fingerprint density at radius 1 is 1.19 bits per heavy atom. The van der Waals surface area contributed by atoms with E-state index < -0.39 is 0 Å². The second-order valence-corrected chi connectivity index (χ2v) is 6.47. The summed E-state index contributed by atoms with van der Waals surface area (Å²) in [6.07, 6.45) is 6.40. The molecule has 1 aliphatic rings. The second kappa shape index (κ2) is 7.92. The van der Waals surface area contributed by atoms with E-state index in [2.05, 4.69) is 43.0 Å². The zero-order valence-electron chi connectivity index (χ0n) is 13.5. The molecule has 2 unspecified atom stereocenters. The van der Waals surface area contributed by atoms with Crippen LogP contribution in [-0.2, 0) is 0 Å². The summed E-state index contributed by atoms with van der Waals surface area (Å²) in [7, 11) is 0. The third-order valence-corrected chi connectivity index (χ3v) is 4.68. The SMILES string of the molecule is Cc1ccc(C(C(C)N)N(CCO)C2CCCCC2)cc1. The predicted octanol–water partition coefficient (Wildman–Crippen LogP) is 3.01. The second-order valence-electron chi connectivity index (χ2n) is 6.47. The quantitative estimate of drug-likeness (QED) is 0.846. The van der Waals surface area contributed by atoms with E-state index >= 15 is 0 Å². The molecule has 0 aliphatic heterocycles. The zero-order valence-corrected chi connectivity index (χ0v) is 13.5. The summed E-state index contributed by atoms with van der Waals surface area (Å²) in [5, 5.41) is 9.51. The molecule has 3 heteroatoms. The molecule has 2 atom stereocenters. The van der Waals surface area contributed by atoms with E-state index in [0.717, 1.165) is 0 Å². The average Bonchev–Trinajstić information content (AvgIpc) is 2.49. The van der Waals surface area contributed by atoms with Gasteiger partial charge in [0.15, 0.2) is 0 Å². The molecule has 1 fully saturated rings. The molecule has 1 saturated carbocycles. The minimum atomic E-state index is 0.0567. The van der Waals surface area contributed by atoms with Gasteiger partial charge in [-0.15, -0.1) is 0 Å². The highest BCUT2D eigenvalue weighted by Gasteiger charge is 2.30. The Balaban J connectivity index is 2.24. The molecule has 0 amide bonds. The molecule has 3 N–H and O–H groups in total. The van der Waals surface area contributed by atoms with Crippen molar-refractivity contribution in [1.82, 2.24) is 4.90 Å². The Bertz CT molecular complexity index is 410. The fourth-order valence-corrected chi connectivity index (χ4v) is 3.64. The lowest BCUT2D eigenvalue weighted by Gasteiger charge is -2.41. The highest BCUT2D eigenvalue weighted by atomic mass is 16.3. The van der Waals surface area contributed by atoms with Gasteiger partial charge >= 0.3 is 0 Å². The first-order valence-electron chi connectivity index (χ1n) is 8.32. The third kappa shape index (κ3) is 4.29. The summed E-state index contributed by atoms with van der Waals surface area (Å²) in [5.74, 6) is 0. The molecule has 0 heterocycles. The summed E-state index contributed by atoms with van der Waals surface area (Å²) >= 11 is 0. The van der Waals surface area contributed by atoms with Gasteiger partial charge in [0.25, 0.3) is 0 Å². The summed E-state index contributed by atoms with van der Waals surface area (Å²) in [5.41, 5.74) is 8.87. The van der Waals surface area contributed by atoms with Crippen LogP contribution in [0.5, 0.6) is 0 Å². The van der Waals surface area contributed by atoms with Crippen LogP contribution >= 0.6 is 0 Å². The van der Waals surface area contributed by atoms with E-state index in [1.165, 1.54) is 43.2 Å². The highest BCUT2D eigenvalue weighted by Crippen LogP contribution is 2.31. The predicted molar refractivity (Wildman–Crippen MR) is 88.2 cm³/mol. The number of rotatable bonds is 6. The number of aryl methyl sites for hydroxylation is 1. The largest absolute Gasteiger partial charge is 0.395 e. The standard InChI is InChI=1S/C18H30N2O/c1-14-8-10-16(11-9-14)18(15(2)19)20(12-13-21)17-6-4-3-5-7-17/h8-11,15,17-18,21H,3-7,12-13,19H2,1-2H3. The average molecular weight is 290 g/mol. The Kier molecular flexibility index (Phi) is 6.22. The molecular weight excluding hydrogens is 260 g/mol. The van der Waals surface area contributed by atoms with Gasteiger partial charge < -0.3 is 10.8 Å². The van der Waals surface area contributed by atoms with Crippen LogP contribution in [0.2, 0.25) is 0 Å². The summed E-state index contributed by atoms with van der Waals surface area (Å²) in [4.78, 5) is 2.45. The molecule has 0 spiro atoms. The van der Waals surface area contributed by atoms with Crippen LogP contribution in [0.3, 0.4) is 0 Å². The van der Waals surface area contributed by atoms with Crippen LogP contribution in [0.4, 0.5) is 0 Å². The van der Waals surface area contributed by atoms with Crippen molar-refractivity contribution in [1.29, 1.82) is 0 Å². The minimum absolute atomic E-state index is 0.0567. The van der Waals surface area contributed by atoms with Gasteiger partial charge in [-0.05, 0) is 32.3 Å². The number of nitrogens with zero attached hydrogens (tertiary/aromatic N) is 1. The van der Waals surface area contributed by atoms with Crippen LogP contribution in [0.15, 0.2) is 24.3 Å². The van der Waals surface area contributed by atoms with E-state index in [1.54, 1.807) is 0 Å². The van der Waals surface area contributed by atoms with Crippen molar-refractivity contribution in [3.05, 3.63) is 35.4 Å². The maximum atomic E-state index is 9.51. The lowest BCUT2D eigenvalue weighted by Crippen LogP contribution is -2.47. The maximum Gasteiger partial charge on any atom is 0.0558 e. The van der Waals surface area contributed by atoms with Gasteiger partial charge in [-0.2, -0.15) is 0 Å². The van der Waals surface area contributed by atoms with Crippen molar-refractivity contribution in [3.8, 4) is 0 Å². The minimum Gasteiger partial charge on any atom is -0.395 e. The van der Waals surface area contributed by atoms with Crippen LogP contribution in [0, 0.1) is 6.92 Å². The number of hydrogen-bond donors (Lipinski definition) is 2.